The van der Waals surface area contributed by atoms with Crippen molar-refractivity contribution in [1.82, 2.24) is 14.3 Å². The van der Waals surface area contributed by atoms with Crippen molar-refractivity contribution in [3.05, 3.63) is 18.5 Å². The molecule has 2 fully saturated rings. The molecule has 0 saturated carbocycles. The third kappa shape index (κ3) is 3.81. The van der Waals surface area contributed by atoms with Gasteiger partial charge in [-0.05, 0) is 38.2 Å². The minimum absolute atomic E-state index is 0.150. The van der Waals surface area contributed by atoms with E-state index in [4.69, 9.17) is 9.47 Å². The fourth-order valence-corrected chi connectivity index (χ4v) is 4.48. The van der Waals surface area contributed by atoms with Gasteiger partial charge < -0.3 is 9.47 Å². The van der Waals surface area contributed by atoms with Gasteiger partial charge in [-0.1, -0.05) is 0 Å². The van der Waals surface area contributed by atoms with E-state index in [1.165, 1.54) is 4.31 Å². The van der Waals surface area contributed by atoms with Gasteiger partial charge in [0.15, 0.2) is 0 Å². The van der Waals surface area contributed by atoms with Gasteiger partial charge in [0.2, 0.25) is 10.0 Å². The fraction of sp³-hybridized carbons (Fsp3) is 0.733. The van der Waals surface area contributed by atoms with Crippen LogP contribution in [0.15, 0.2) is 18.5 Å². The molecule has 3 heterocycles. The van der Waals surface area contributed by atoms with Crippen molar-refractivity contribution < 1.29 is 17.9 Å². The highest BCUT2D eigenvalue weighted by atomic mass is 32.2. The van der Waals surface area contributed by atoms with Gasteiger partial charge >= 0.3 is 6.01 Å². The topological polar surface area (TPSA) is 81.6 Å². The van der Waals surface area contributed by atoms with Crippen LogP contribution < -0.4 is 4.74 Å². The quantitative estimate of drug-likeness (QED) is 0.770. The van der Waals surface area contributed by atoms with Crippen LogP contribution in [-0.4, -0.2) is 60.3 Å². The Morgan fingerprint density at radius 1 is 1.39 bits per heavy atom. The first-order chi connectivity index (χ1) is 11.0. The van der Waals surface area contributed by atoms with Crippen LogP contribution in [0.3, 0.4) is 0 Å². The van der Waals surface area contributed by atoms with Gasteiger partial charge in [0.05, 0.1) is 18.0 Å². The summed E-state index contributed by atoms with van der Waals surface area (Å²) in [5.74, 6) is 0.635. The lowest BCUT2D eigenvalue weighted by Crippen LogP contribution is -2.66. The highest BCUT2D eigenvalue weighted by Crippen LogP contribution is 2.39. The van der Waals surface area contributed by atoms with Crippen LogP contribution in [-0.2, 0) is 14.8 Å². The number of hydrogen-bond donors (Lipinski definition) is 0. The van der Waals surface area contributed by atoms with E-state index in [0.717, 1.165) is 19.3 Å². The molecule has 0 amide bonds. The Hall–Kier alpha value is -1.25. The van der Waals surface area contributed by atoms with Crippen LogP contribution in [0.4, 0.5) is 0 Å². The molecule has 2 aliphatic heterocycles. The summed E-state index contributed by atoms with van der Waals surface area (Å²) in [6.45, 7) is 3.91. The number of aromatic nitrogens is 2. The number of nitrogens with zero attached hydrogens (tertiary/aromatic N) is 3. The molecule has 1 aromatic heterocycles. The van der Waals surface area contributed by atoms with E-state index in [2.05, 4.69) is 9.97 Å². The fourth-order valence-electron chi connectivity index (χ4n) is 3.25. The van der Waals surface area contributed by atoms with Crippen LogP contribution >= 0.6 is 0 Å². The normalized spacial score (nSPS) is 24.3. The predicted molar refractivity (Wildman–Crippen MR) is 84.6 cm³/mol. The summed E-state index contributed by atoms with van der Waals surface area (Å²) in [7, 11) is -3.10. The summed E-state index contributed by atoms with van der Waals surface area (Å²) in [6.07, 6.45) is 6.10. The van der Waals surface area contributed by atoms with Gasteiger partial charge in [0, 0.05) is 32.1 Å². The average Bonchev–Trinajstić information content (AvgIpc) is 2.54. The van der Waals surface area contributed by atoms with Crippen molar-refractivity contribution in [2.24, 2.45) is 5.92 Å². The second-order valence-corrected chi connectivity index (χ2v) is 8.49. The summed E-state index contributed by atoms with van der Waals surface area (Å²) < 4.78 is 36.7. The van der Waals surface area contributed by atoms with E-state index in [-0.39, 0.29) is 11.4 Å². The Morgan fingerprint density at radius 3 is 2.83 bits per heavy atom. The molecule has 1 aromatic rings. The molecule has 2 aliphatic rings. The van der Waals surface area contributed by atoms with Gasteiger partial charge in [0.1, 0.15) is 0 Å². The lowest BCUT2D eigenvalue weighted by molar-refractivity contribution is -0.156. The predicted octanol–water partition coefficient (Wildman–Crippen LogP) is 1.08. The van der Waals surface area contributed by atoms with Gasteiger partial charge in [0.25, 0.3) is 0 Å². The van der Waals surface area contributed by atoms with Gasteiger partial charge in [-0.3, -0.25) is 0 Å². The van der Waals surface area contributed by atoms with Crippen molar-refractivity contribution >= 4 is 10.0 Å². The molecule has 1 spiro atoms. The maximum absolute atomic E-state index is 11.9. The molecule has 3 rings (SSSR count). The third-order valence-corrected chi connectivity index (χ3v) is 6.36. The molecular weight excluding hydrogens is 318 g/mol. The Balaban J connectivity index is 1.46. The van der Waals surface area contributed by atoms with E-state index in [9.17, 15) is 8.42 Å². The molecule has 8 heteroatoms. The average molecular weight is 341 g/mol. The monoisotopic (exact) mass is 341 g/mol. The zero-order valence-electron chi connectivity index (χ0n) is 13.3. The summed E-state index contributed by atoms with van der Waals surface area (Å²) in [5.41, 5.74) is -0.283. The molecule has 7 nitrogen and oxygen atoms in total. The number of ether oxygens (including phenoxy) is 2. The van der Waals surface area contributed by atoms with Crippen LogP contribution in [0.25, 0.3) is 0 Å². The van der Waals surface area contributed by atoms with Crippen LogP contribution in [0.2, 0.25) is 0 Å². The van der Waals surface area contributed by atoms with Crippen LogP contribution in [0.1, 0.15) is 26.2 Å². The highest BCUT2D eigenvalue weighted by Gasteiger charge is 2.50. The van der Waals surface area contributed by atoms with Crippen LogP contribution in [0, 0.1) is 5.92 Å². The van der Waals surface area contributed by atoms with E-state index < -0.39 is 10.0 Å². The van der Waals surface area contributed by atoms with Crippen LogP contribution in [0.5, 0.6) is 6.01 Å². The van der Waals surface area contributed by atoms with E-state index >= 15 is 0 Å². The van der Waals surface area contributed by atoms with E-state index in [1.54, 1.807) is 25.4 Å². The largest absolute Gasteiger partial charge is 0.463 e. The molecule has 0 radical (unpaired) electrons. The van der Waals surface area contributed by atoms with Crippen molar-refractivity contribution in [3.8, 4) is 6.01 Å². The van der Waals surface area contributed by atoms with E-state index in [0.29, 0.717) is 38.2 Å². The zero-order chi connectivity index (χ0) is 16.3. The van der Waals surface area contributed by atoms with Gasteiger partial charge in [-0.2, -0.15) is 4.31 Å². The Labute approximate surface area is 137 Å². The summed E-state index contributed by atoms with van der Waals surface area (Å²) in [6, 6.07) is 2.15. The van der Waals surface area contributed by atoms with Crippen molar-refractivity contribution in [2.75, 3.05) is 32.1 Å². The number of rotatable bonds is 6. The summed E-state index contributed by atoms with van der Waals surface area (Å²) >= 11 is 0. The number of sulfonamides is 1. The van der Waals surface area contributed by atoms with Crippen molar-refractivity contribution in [1.29, 1.82) is 0 Å². The zero-order valence-corrected chi connectivity index (χ0v) is 14.2. The molecule has 0 unspecified atom stereocenters. The summed E-state index contributed by atoms with van der Waals surface area (Å²) in [4.78, 5) is 8.06. The standard InChI is InChI=1S/C15H23N3O4S/c1-2-23(19,20)18-11-15(12-18)10-13(5-9-22-15)4-8-21-14-16-6-3-7-17-14/h3,6-7,13H,2,4-5,8-12H2,1H3/t13-/m1/s1. The molecule has 1 atom stereocenters. The van der Waals surface area contributed by atoms with Gasteiger partial charge in [-0.15, -0.1) is 0 Å². The molecule has 0 N–H and O–H groups in total. The molecule has 23 heavy (non-hydrogen) atoms. The minimum Gasteiger partial charge on any atom is -0.463 e. The van der Waals surface area contributed by atoms with Crippen molar-refractivity contribution in [2.45, 2.75) is 31.8 Å². The Morgan fingerprint density at radius 2 is 2.13 bits per heavy atom. The SMILES string of the molecule is CCS(=O)(=O)N1CC2(C[C@H](CCOc3ncccn3)CCO2)C1. The maximum Gasteiger partial charge on any atom is 0.316 e. The van der Waals surface area contributed by atoms with Crippen molar-refractivity contribution in [3.63, 3.8) is 0 Å². The Bertz CT molecular complexity index is 617. The number of hydrogen-bond acceptors (Lipinski definition) is 6. The second kappa shape index (κ2) is 6.70. The first kappa shape index (κ1) is 16.6. The molecule has 0 bridgehead atoms. The third-order valence-electron chi connectivity index (χ3n) is 4.58. The van der Waals surface area contributed by atoms with Gasteiger partial charge in [-0.25, -0.2) is 18.4 Å². The first-order valence-corrected chi connectivity index (χ1v) is 9.65. The molecule has 0 aliphatic carbocycles. The Kier molecular flexibility index (Phi) is 4.84. The first-order valence-electron chi connectivity index (χ1n) is 8.05. The lowest BCUT2D eigenvalue weighted by atomic mass is 9.80. The maximum atomic E-state index is 11.9. The minimum atomic E-state index is -3.10. The molecule has 128 valence electrons. The van der Waals surface area contributed by atoms with E-state index in [1.807, 2.05) is 0 Å². The summed E-state index contributed by atoms with van der Waals surface area (Å²) in [5, 5.41) is 0. The smallest absolute Gasteiger partial charge is 0.316 e. The molecule has 2 saturated heterocycles. The highest BCUT2D eigenvalue weighted by molar-refractivity contribution is 7.89. The lowest BCUT2D eigenvalue weighted by Gasteiger charge is -2.52. The molecule has 0 aromatic carbocycles. The second-order valence-electron chi connectivity index (χ2n) is 6.23. The molecular formula is C15H23N3O4S.